The molecule has 1 aromatic rings. The summed E-state index contributed by atoms with van der Waals surface area (Å²) in [6, 6.07) is 8.62. The predicted molar refractivity (Wildman–Crippen MR) is 105 cm³/mol. The van der Waals surface area contributed by atoms with E-state index in [0.717, 1.165) is 55.8 Å². The van der Waals surface area contributed by atoms with E-state index in [1.54, 1.807) is 0 Å². The van der Waals surface area contributed by atoms with Crippen LogP contribution in [0.3, 0.4) is 0 Å². The number of guanidine groups is 1. The second-order valence-corrected chi connectivity index (χ2v) is 6.77. The van der Waals surface area contributed by atoms with Crippen LogP contribution < -0.4 is 10.6 Å². The van der Waals surface area contributed by atoms with Crippen LogP contribution in [0.4, 0.5) is 0 Å². The summed E-state index contributed by atoms with van der Waals surface area (Å²) in [6.07, 6.45) is 1.06. The zero-order valence-corrected chi connectivity index (χ0v) is 16.4. The molecule has 1 fully saturated rings. The average Bonchev–Trinajstić information content (AvgIpc) is 2.64. The summed E-state index contributed by atoms with van der Waals surface area (Å²) in [5.41, 5.74) is 1.13. The Morgan fingerprint density at radius 2 is 2.00 bits per heavy atom. The van der Waals surface area contributed by atoms with Gasteiger partial charge in [0.25, 0.3) is 0 Å². The minimum Gasteiger partial charge on any atom is -0.379 e. The Morgan fingerprint density at radius 3 is 2.64 bits per heavy atom. The standard InChI is InChI=1S/C19H31ClN4O/c1-4-15(3)23-19(21-5-2)22-14-18(24-10-12-25-13-11-24)16-8-6-7-9-17(16)20/h6-9,15,18H,4-5,10-14H2,1-3H3,(H2,21,22,23). The van der Waals surface area contributed by atoms with Gasteiger partial charge >= 0.3 is 0 Å². The van der Waals surface area contributed by atoms with Crippen molar-refractivity contribution in [2.45, 2.75) is 39.3 Å². The number of morpholine rings is 1. The van der Waals surface area contributed by atoms with E-state index >= 15 is 0 Å². The van der Waals surface area contributed by atoms with Gasteiger partial charge in [0.2, 0.25) is 0 Å². The van der Waals surface area contributed by atoms with E-state index in [1.807, 2.05) is 18.2 Å². The monoisotopic (exact) mass is 366 g/mol. The lowest BCUT2D eigenvalue weighted by Crippen LogP contribution is -2.43. The van der Waals surface area contributed by atoms with E-state index in [2.05, 4.69) is 42.4 Å². The van der Waals surface area contributed by atoms with Crippen LogP contribution in [-0.4, -0.2) is 56.3 Å². The van der Waals surface area contributed by atoms with Gasteiger partial charge in [-0.05, 0) is 31.9 Å². The quantitative estimate of drug-likeness (QED) is 0.575. The SMILES string of the molecule is CCNC(=NCC(c1ccccc1Cl)N1CCOCC1)NC(C)CC. The van der Waals surface area contributed by atoms with Crippen molar-refractivity contribution >= 4 is 17.6 Å². The third kappa shape index (κ3) is 6.17. The summed E-state index contributed by atoms with van der Waals surface area (Å²) < 4.78 is 5.51. The van der Waals surface area contributed by atoms with E-state index in [1.165, 1.54) is 0 Å². The average molecular weight is 367 g/mol. The number of nitrogens with one attached hydrogen (secondary N) is 2. The van der Waals surface area contributed by atoms with Crippen LogP contribution in [0.2, 0.25) is 5.02 Å². The molecular formula is C19H31ClN4O. The Bertz CT molecular complexity index is 546. The topological polar surface area (TPSA) is 48.9 Å². The van der Waals surface area contributed by atoms with Gasteiger partial charge in [0.15, 0.2) is 5.96 Å². The van der Waals surface area contributed by atoms with Crippen LogP contribution in [0.15, 0.2) is 29.3 Å². The fraction of sp³-hybridized carbons (Fsp3) is 0.632. The Morgan fingerprint density at radius 1 is 1.28 bits per heavy atom. The molecule has 2 rings (SSSR count). The first kappa shape index (κ1) is 20.0. The van der Waals surface area contributed by atoms with Crippen molar-refractivity contribution in [3.63, 3.8) is 0 Å². The highest BCUT2D eigenvalue weighted by Gasteiger charge is 2.24. The number of nitrogens with zero attached hydrogens (tertiary/aromatic N) is 2. The highest BCUT2D eigenvalue weighted by Crippen LogP contribution is 2.28. The molecule has 0 bridgehead atoms. The summed E-state index contributed by atoms with van der Waals surface area (Å²) in [4.78, 5) is 7.27. The first-order chi connectivity index (χ1) is 12.2. The highest BCUT2D eigenvalue weighted by molar-refractivity contribution is 6.31. The van der Waals surface area contributed by atoms with Gasteiger partial charge in [-0.2, -0.15) is 0 Å². The Kier molecular flexibility index (Phi) is 8.52. The maximum atomic E-state index is 6.48. The van der Waals surface area contributed by atoms with E-state index < -0.39 is 0 Å². The minimum atomic E-state index is 0.157. The lowest BCUT2D eigenvalue weighted by molar-refractivity contribution is 0.0180. The maximum Gasteiger partial charge on any atom is 0.191 e. The highest BCUT2D eigenvalue weighted by atomic mass is 35.5. The fourth-order valence-corrected chi connectivity index (χ4v) is 3.14. The second-order valence-electron chi connectivity index (χ2n) is 6.36. The lowest BCUT2D eigenvalue weighted by Gasteiger charge is -2.34. The number of hydrogen-bond acceptors (Lipinski definition) is 3. The van der Waals surface area contributed by atoms with Crippen molar-refractivity contribution in [2.24, 2.45) is 4.99 Å². The number of benzene rings is 1. The van der Waals surface area contributed by atoms with E-state index in [0.29, 0.717) is 12.6 Å². The maximum absolute atomic E-state index is 6.48. The molecule has 2 atom stereocenters. The Hall–Kier alpha value is -1.30. The van der Waals surface area contributed by atoms with Gasteiger partial charge in [-0.1, -0.05) is 36.7 Å². The smallest absolute Gasteiger partial charge is 0.191 e. The molecule has 1 aliphatic heterocycles. The van der Waals surface area contributed by atoms with Gasteiger partial charge in [0, 0.05) is 30.7 Å². The van der Waals surface area contributed by atoms with Crippen LogP contribution in [0, 0.1) is 0 Å². The van der Waals surface area contributed by atoms with Crippen LogP contribution in [0.25, 0.3) is 0 Å². The molecule has 0 aromatic heterocycles. The number of hydrogen-bond donors (Lipinski definition) is 2. The number of rotatable bonds is 7. The molecule has 0 spiro atoms. The van der Waals surface area contributed by atoms with Crippen LogP contribution in [0.1, 0.15) is 38.8 Å². The van der Waals surface area contributed by atoms with Crippen molar-refractivity contribution in [3.05, 3.63) is 34.9 Å². The third-order valence-electron chi connectivity index (χ3n) is 4.51. The van der Waals surface area contributed by atoms with Crippen molar-refractivity contribution in [1.29, 1.82) is 0 Å². The largest absolute Gasteiger partial charge is 0.379 e. The molecule has 0 aliphatic carbocycles. The van der Waals surface area contributed by atoms with Gasteiger partial charge in [0.1, 0.15) is 0 Å². The summed E-state index contributed by atoms with van der Waals surface area (Å²) in [5, 5.41) is 7.59. The van der Waals surface area contributed by atoms with Crippen LogP contribution in [0.5, 0.6) is 0 Å². The van der Waals surface area contributed by atoms with Gasteiger partial charge in [-0.3, -0.25) is 9.89 Å². The first-order valence-electron chi connectivity index (χ1n) is 9.26. The van der Waals surface area contributed by atoms with E-state index in [4.69, 9.17) is 21.3 Å². The lowest BCUT2D eigenvalue weighted by atomic mass is 10.0. The van der Waals surface area contributed by atoms with Gasteiger partial charge in [0.05, 0.1) is 25.8 Å². The van der Waals surface area contributed by atoms with Crippen LogP contribution in [-0.2, 0) is 4.74 Å². The van der Waals surface area contributed by atoms with Crippen molar-refractivity contribution in [3.8, 4) is 0 Å². The molecule has 1 aliphatic rings. The van der Waals surface area contributed by atoms with Gasteiger partial charge < -0.3 is 15.4 Å². The molecule has 0 radical (unpaired) electrons. The molecule has 1 heterocycles. The third-order valence-corrected chi connectivity index (χ3v) is 4.86. The second kappa shape index (κ2) is 10.6. The number of halogens is 1. The normalized spacial score (nSPS) is 18.6. The zero-order chi connectivity index (χ0) is 18.1. The molecule has 0 saturated carbocycles. The molecule has 140 valence electrons. The molecule has 1 aromatic carbocycles. The number of aliphatic imine (C=N–C) groups is 1. The van der Waals surface area contributed by atoms with Crippen LogP contribution >= 0.6 is 11.6 Å². The molecule has 5 nitrogen and oxygen atoms in total. The Labute approximate surface area is 156 Å². The van der Waals surface area contributed by atoms with Gasteiger partial charge in [-0.25, -0.2) is 0 Å². The van der Waals surface area contributed by atoms with Crippen molar-refractivity contribution in [2.75, 3.05) is 39.4 Å². The molecule has 2 N–H and O–H groups in total. The van der Waals surface area contributed by atoms with Gasteiger partial charge in [-0.15, -0.1) is 0 Å². The summed E-state index contributed by atoms with van der Waals surface area (Å²) in [6.45, 7) is 11.3. The molecule has 6 heteroatoms. The summed E-state index contributed by atoms with van der Waals surface area (Å²) >= 11 is 6.48. The number of ether oxygens (including phenoxy) is 1. The molecule has 0 amide bonds. The summed E-state index contributed by atoms with van der Waals surface area (Å²) in [7, 11) is 0. The zero-order valence-electron chi connectivity index (χ0n) is 15.6. The predicted octanol–water partition coefficient (Wildman–Crippen LogP) is 3.07. The van der Waals surface area contributed by atoms with E-state index in [-0.39, 0.29) is 6.04 Å². The molecule has 2 unspecified atom stereocenters. The van der Waals surface area contributed by atoms with Crippen molar-refractivity contribution in [1.82, 2.24) is 15.5 Å². The molecule has 25 heavy (non-hydrogen) atoms. The van der Waals surface area contributed by atoms with E-state index in [9.17, 15) is 0 Å². The van der Waals surface area contributed by atoms with Crippen molar-refractivity contribution < 1.29 is 4.74 Å². The molecule has 1 saturated heterocycles. The minimum absolute atomic E-state index is 0.157. The fourth-order valence-electron chi connectivity index (χ4n) is 2.88. The molecular weight excluding hydrogens is 336 g/mol. The first-order valence-corrected chi connectivity index (χ1v) is 9.64. The summed E-state index contributed by atoms with van der Waals surface area (Å²) in [5.74, 6) is 0.863. The Balaban J connectivity index is 2.19.